The van der Waals surface area contributed by atoms with E-state index in [4.69, 9.17) is 11.6 Å². The maximum absolute atomic E-state index is 12.6. The summed E-state index contributed by atoms with van der Waals surface area (Å²) in [4.78, 5) is 12.6. The number of carbonyl (C=O) groups is 1. The van der Waals surface area contributed by atoms with E-state index >= 15 is 0 Å². The zero-order chi connectivity index (χ0) is 17.9. The summed E-state index contributed by atoms with van der Waals surface area (Å²) in [7, 11) is -3.62. The van der Waals surface area contributed by atoms with Gasteiger partial charge in [-0.2, -0.15) is 0 Å². The van der Waals surface area contributed by atoms with Gasteiger partial charge in [0.15, 0.2) is 0 Å². The van der Waals surface area contributed by atoms with Crippen LogP contribution in [0.2, 0.25) is 5.02 Å². The van der Waals surface area contributed by atoms with Crippen molar-refractivity contribution in [1.29, 1.82) is 0 Å². The summed E-state index contributed by atoms with van der Waals surface area (Å²) < 4.78 is 25.4. The fourth-order valence-electron chi connectivity index (χ4n) is 2.39. The number of anilines is 2. The first-order chi connectivity index (χ1) is 11.2. The number of sulfonamides is 1. The van der Waals surface area contributed by atoms with Crippen molar-refractivity contribution in [2.75, 3.05) is 15.9 Å². The van der Waals surface area contributed by atoms with E-state index in [2.05, 4.69) is 5.32 Å². The molecule has 2 aromatic rings. The van der Waals surface area contributed by atoms with Crippen LogP contribution in [0.5, 0.6) is 0 Å². The van der Waals surface area contributed by atoms with Crippen molar-refractivity contribution in [2.45, 2.75) is 19.9 Å². The maximum Gasteiger partial charge on any atom is 0.248 e. The fourth-order valence-corrected chi connectivity index (χ4v) is 3.79. The topological polar surface area (TPSA) is 66.5 Å². The van der Waals surface area contributed by atoms with Crippen LogP contribution >= 0.6 is 11.6 Å². The van der Waals surface area contributed by atoms with Crippen LogP contribution in [0.1, 0.15) is 12.5 Å². The van der Waals surface area contributed by atoms with Crippen LogP contribution in [-0.4, -0.2) is 26.6 Å². The van der Waals surface area contributed by atoms with Crippen LogP contribution in [-0.2, 0) is 14.8 Å². The van der Waals surface area contributed by atoms with Gasteiger partial charge in [-0.25, -0.2) is 8.42 Å². The van der Waals surface area contributed by atoms with Gasteiger partial charge in [-0.3, -0.25) is 9.10 Å². The van der Waals surface area contributed by atoms with Crippen molar-refractivity contribution < 1.29 is 13.2 Å². The normalized spacial score (nSPS) is 12.5. The van der Waals surface area contributed by atoms with Crippen LogP contribution in [0.15, 0.2) is 48.5 Å². The number of hydrogen-bond donors (Lipinski definition) is 1. The highest BCUT2D eigenvalue weighted by Gasteiger charge is 2.29. The summed E-state index contributed by atoms with van der Waals surface area (Å²) in [5.74, 6) is -0.422. The zero-order valence-electron chi connectivity index (χ0n) is 13.7. The van der Waals surface area contributed by atoms with E-state index in [0.29, 0.717) is 16.4 Å². The van der Waals surface area contributed by atoms with E-state index in [-0.39, 0.29) is 0 Å². The van der Waals surface area contributed by atoms with Gasteiger partial charge in [-0.15, -0.1) is 0 Å². The Morgan fingerprint density at radius 1 is 1.17 bits per heavy atom. The minimum Gasteiger partial charge on any atom is -0.324 e. The number of hydrogen-bond acceptors (Lipinski definition) is 3. The van der Waals surface area contributed by atoms with Gasteiger partial charge in [-0.05, 0) is 49.7 Å². The fraction of sp³-hybridized carbons (Fsp3) is 0.235. The standard InChI is InChI=1S/C17H19ClN2O3S/c1-12-11-14(18)9-10-16(12)19-17(21)13(2)20(24(3,22)23)15-7-5-4-6-8-15/h4-11,13H,1-3H3,(H,19,21)/t13-/m0/s1. The first kappa shape index (κ1) is 18.3. The number of rotatable bonds is 5. The Kier molecular flexibility index (Phi) is 5.51. The third kappa shape index (κ3) is 4.27. The first-order valence-corrected chi connectivity index (χ1v) is 9.54. The summed E-state index contributed by atoms with van der Waals surface area (Å²) in [5, 5.41) is 3.33. The highest BCUT2D eigenvalue weighted by molar-refractivity contribution is 7.92. The molecule has 0 heterocycles. The monoisotopic (exact) mass is 366 g/mol. The Morgan fingerprint density at radius 3 is 2.33 bits per heavy atom. The second-order valence-corrected chi connectivity index (χ2v) is 7.81. The maximum atomic E-state index is 12.6. The molecule has 0 spiro atoms. The largest absolute Gasteiger partial charge is 0.324 e. The number of aryl methyl sites for hydroxylation is 1. The highest BCUT2D eigenvalue weighted by atomic mass is 35.5. The lowest BCUT2D eigenvalue weighted by Crippen LogP contribution is -2.45. The molecule has 24 heavy (non-hydrogen) atoms. The molecule has 1 atom stereocenters. The number of amides is 1. The number of nitrogens with zero attached hydrogens (tertiary/aromatic N) is 1. The Balaban J connectivity index is 2.29. The van der Waals surface area contributed by atoms with Gasteiger partial charge >= 0.3 is 0 Å². The number of para-hydroxylation sites is 1. The third-order valence-electron chi connectivity index (χ3n) is 3.55. The predicted molar refractivity (Wildman–Crippen MR) is 98.0 cm³/mol. The first-order valence-electron chi connectivity index (χ1n) is 7.31. The zero-order valence-corrected chi connectivity index (χ0v) is 15.2. The molecule has 0 aliphatic rings. The van der Waals surface area contributed by atoms with Gasteiger partial charge < -0.3 is 5.32 Å². The second kappa shape index (κ2) is 7.23. The second-order valence-electron chi connectivity index (χ2n) is 5.52. The molecular formula is C17H19ClN2O3S. The van der Waals surface area contributed by atoms with Gasteiger partial charge in [0, 0.05) is 10.7 Å². The quantitative estimate of drug-likeness (QED) is 0.881. The molecule has 0 aromatic heterocycles. The SMILES string of the molecule is Cc1cc(Cl)ccc1NC(=O)[C@H](C)N(c1ccccc1)S(C)(=O)=O. The van der Waals surface area contributed by atoms with Gasteiger partial charge in [0.1, 0.15) is 6.04 Å². The van der Waals surface area contributed by atoms with E-state index in [1.807, 2.05) is 6.92 Å². The molecule has 0 aliphatic heterocycles. The molecule has 2 aromatic carbocycles. The number of nitrogens with one attached hydrogen (secondary N) is 1. The average Bonchev–Trinajstić information content (AvgIpc) is 2.49. The van der Waals surface area contributed by atoms with E-state index in [1.165, 1.54) is 0 Å². The summed E-state index contributed by atoms with van der Waals surface area (Å²) in [6.07, 6.45) is 1.08. The summed E-state index contributed by atoms with van der Waals surface area (Å²) in [5.41, 5.74) is 1.84. The van der Waals surface area contributed by atoms with Gasteiger partial charge in [-0.1, -0.05) is 29.8 Å². The van der Waals surface area contributed by atoms with Crippen molar-refractivity contribution in [3.8, 4) is 0 Å². The van der Waals surface area contributed by atoms with Crippen LogP contribution < -0.4 is 9.62 Å². The lowest BCUT2D eigenvalue weighted by atomic mass is 10.2. The molecule has 2 rings (SSSR count). The molecule has 7 heteroatoms. The van der Waals surface area contributed by atoms with Crippen molar-refractivity contribution in [1.82, 2.24) is 0 Å². The number of benzene rings is 2. The molecule has 0 saturated heterocycles. The Morgan fingerprint density at radius 2 is 1.79 bits per heavy atom. The summed E-state index contributed by atoms with van der Waals surface area (Å²) in [6, 6.07) is 12.7. The lowest BCUT2D eigenvalue weighted by Gasteiger charge is -2.28. The Labute approximate surface area is 147 Å². The van der Waals surface area contributed by atoms with Crippen molar-refractivity contribution >= 4 is 38.9 Å². The smallest absolute Gasteiger partial charge is 0.248 e. The summed E-state index contributed by atoms with van der Waals surface area (Å²) in [6.45, 7) is 3.37. The molecule has 5 nitrogen and oxygen atoms in total. The van der Waals surface area contributed by atoms with E-state index in [1.54, 1.807) is 55.5 Å². The number of halogens is 1. The third-order valence-corrected chi connectivity index (χ3v) is 5.02. The molecule has 1 N–H and O–H groups in total. The highest BCUT2D eigenvalue weighted by Crippen LogP contribution is 2.23. The Hall–Kier alpha value is -2.05. The minimum absolute atomic E-state index is 0.422. The lowest BCUT2D eigenvalue weighted by molar-refractivity contribution is -0.116. The molecule has 0 fully saturated rings. The molecule has 128 valence electrons. The van der Waals surface area contributed by atoms with E-state index in [0.717, 1.165) is 16.1 Å². The van der Waals surface area contributed by atoms with E-state index in [9.17, 15) is 13.2 Å². The van der Waals surface area contributed by atoms with Crippen LogP contribution in [0, 0.1) is 6.92 Å². The molecule has 0 radical (unpaired) electrons. The van der Waals surface area contributed by atoms with Crippen LogP contribution in [0.4, 0.5) is 11.4 Å². The van der Waals surface area contributed by atoms with Crippen LogP contribution in [0.3, 0.4) is 0 Å². The van der Waals surface area contributed by atoms with E-state index < -0.39 is 22.0 Å². The van der Waals surface area contributed by atoms with Crippen LogP contribution in [0.25, 0.3) is 0 Å². The molecule has 1 amide bonds. The van der Waals surface area contributed by atoms with Crippen molar-refractivity contribution in [2.24, 2.45) is 0 Å². The molecule has 0 saturated carbocycles. The molecule has 0 unspecified atom stereocenters. The van der Waals surface area contributed by atoms with Gasteiger partial charge in [0.2, 0.25) is 15.9 Å². The van der Waals surface area contributed by atoms with Gasteiger partial charge in [0.05, 0.1) is 11.9 Å². The minimum atomic E-state index is -3.62. The molecule has 0 aliphatic carbocycles. The van der Waals surface area contributed by atoms with Crippen molar-refractivity contribution in [3.05, 3.63) is 59.1 Å². The number of carbonyl (C=O) groups excluding carboxylic acids is 1. The molecule has 0 bridgehead atoms. The predicted octanol–water partition coefficient (Wildman–Crippen LogP) is 3.44. The average molecular weight is 367 g/mol. The summed E-state index contributed by atoms with van der Waals surface area (Å²) >= 11 is 5.91. The van der Waals surface area contributed by atoms with Crippen molar-refractivity contribution in [3.63, 3.8) is 0 Å². The Bertz CT molecular complexity index is 838. The molecular weight excluding hydrogens is 348 g/mol. The van der Waals surface area contributed by atoms with Gasteiger partial charge in [0.25, 0.3) is 0 Å².